The van der Waals surface area contributed by atoms with Crippen LogP contribution in [0.5, 0.6) is 0 Å². The highest BCUT2D eigenvalue weighted by Crippen LogP contribution is 2.21. The van der Waals surface area contributed by atoms with Gasteiger partial charge in [0.2, 0.25) is 0 Å². The van der Waals surface area contributed by atoms with Crippen molar-refractivity contribution in [2.24, 2.45) is 0 Å². The molecule has 2 aromatic carbocycles. The quantitative estimate of drug-likeness (QED) is 0.704. The number of aliphatic hydroxyl groups is 1. The Hall–Kier alpha value is -2.37. The van der Waals surface area contributed by atoms with E-state index in [0.29, 0.717) is 23.6 Å². The van der Waals surface area contributed by atoms with Crippen LogP contribution in [0.4, 0.5) is 5.69 Å². The van der Waals surface area contributed by atoms with Gasteiger partial charge in [-0.05, 0) is 30.5 Å². The topological polar surface area (TPSA) is 78.4 Å². The summed E-state index contributed by atoms with van der Waals surface area (Å²) in [7, 11) is 0. The maximum atomic E-state index is 12.2. The number of carbonyl (C=O) groups excluding carboxylic acids is 2. The van der Waals surface area contributed by atoms with Gasteiger partial charge in [0.1, 0.15) is 0 Å². The molecule has 0 aliphatic rings. The first kappa shape index (κ1) is 18.0. The summed E-state index contributed by atoms with van der Waals surface area (Å²) in [5.74, 6) is -1.53. The zero-order chi connectivity index (χ0) is 17.4. The summed E-state index contributed by atoms with van der Waals surface area (Å²) in [6.45, 7) is 0.0189. The van der Waals surface area contributed by atoms with Gasteiger partial charge in [-0.2, -0.15) is 0 Å². The van der Waals surface area contributed by atoms with Crippen molar-refractivity contribution in [2.45, 2.75) is 18.9 Å². The van der Waals surface area contributed by atoms with Crippen molar-refractivity contribution in [2.75, 3.05) is 11.9 Å². The van der Waals surface area contributed by atoms with E-state index >= 15 is 0 Å². The van der Waals surface area contributed by atoms with Gasteiger partial charge in [0.05, 0.1) is 16.8 Å². The van der Waals surface area contributed by atoms with Crippen LogP contribution in [0, 0.1) is 0 Å². The second-order valence-corrected chi connectivity index (χ2v) is 5.64. The first-order valence-corrected chi connectivity index (χ1v) is 8.02. The fraction of sp³-hybridized carbons (Fsp3) is 0.222. The second kappa shape index (κ2) is 9.05. The number of anilines is 1. The number of halogens is 1. The highest BCUT2D eigenvalue weighted by molar-refractivity contribution is 6.41. The van der Waals surface area contributed by atoms with Gasteiger partial charge < -0.3 is 15.7 Å². The van der Waals surface area contributed by atoms with E-state index in [1.165, 1.54) is 0 Å². The van der Waals surface area contributed by atoms with Gasteiger partial charge in [-0.3, -0.25) is 9.59 Å². The van der Waals surface area contributed by atoms with E-state index in [-0.39, 0.29) is 12.6 Å². The van der Waals surface area contributed by atoms with E-state index in [4.69, 9.17) is 16.7 Å². The summed E-state index contributed by atoms with van der Waals surface area (Å²) in [6.07, 6.45) is 1.05. The minimum Gasteiger partial charge on any atom is -0.396 e. The van der Waals surface area contributed by atoms with Gasteiger partial charge in [-0.25, -0.2) is 0 Å². The molecule has 0 aromatic heterocycles. The summed E-state index contributed by atoms with van der Waals surface area (Å²) in [5, 5.41) is 14.6. The van der Waals surface area contributed by atoms with Crippen LogP contribution >= 0.6 is 11.6 Å². The Morgan fingerprint density at radius 3 is 2.33 bits per heavy atom. The maximum Gasteiger partial charge on any atom is 0.313 e. The molecule has 1 unspecified atom stereocenters. The van der Waals surface area contributed by atoms with Gasteiger partial charge in [-0.15, -0.1) is 0 Å². The van der Waals surface area contributed by atoms with Gasteiger partial charge in [-0.1, -0.05) is 54.1 Å². The number of amides is 2. The minimum atomic E-state index is -0.784. The summed E-state index contributed by atoms with van der Waals surface area (Å²) in [6, 6.07) is 15.7. The Kier molecular flexibility index (Phi) is 6.78. The zero-order valence-corrected chi connectivity index (χ0v) is 13.8. The Labute approximate surface area is 145 Å². The third-order valence-corrected chi connectivity index (χ3v) is 3.82. The molecule has 24 heavy (non-hydrogen) atoms. The summed E-state index contributed by atoms with van der Waals surface area (Å²) in [4.78, 5) is 24.3. The second-order valence-electron chi connectivity index (χ2n) is 5.24. The Morgan fingerprint density at radius 2 is 1.67 bits per heavy atom. The zero-order valence-electron chi connectivity index (χ0n) is 13.0. The molecular weight excluding hydrogens is 328 g/mol. The molecule has 0 bridgehead atoms. The number of hydrogen-bond donors (Lipinski definition) is 3. The lowest BCUT2D eigenvalue weighted by molar-refractivity contribution is -0.136. The average molecular weight is 347 g/mol. The third kappa shape index (κ3) is 5.08. The highest BCUT2D eigenvalue weighted by atomic mass is 35.5. The average Bonchev–Trinajstić information content (AvgIpc) is 2.61. The number of rotatable bonds is 6. The standard InChI is InChI=1S/C18H19ClN2O3/c19-14-9-4-5-10-16(14)21-18(24)17(23)20-15(11-6-12-22)13-7-2-1-3-8-13/h1-5,7-10,15,22H,6,11-12H2,(H,20,23)(H,21,24). The normalized spacial score (nSPS) is 11.6. The SMILES string of the molecule is O=C(Nc1ccccc1Cl)C(=O)NC(CCCO)c1ccccc1. The van der Waals surface area contributed by atoms with Crippen molar-refractivity contribution in [3.63, 3.8) is 0 Å². The van der Waals surface area contributed by atoms with E-state index in [1.54, 1.807) is 24.3 Å². The van der Waals surface area contributed by atoms with E-state index < -0.39 is 11.8 Å². The molecule has 0 radical (unpaired) electrons. The molecule has 0 aliphatic carbocycles. The molecule has 2 rings (SSSR count). The van der Waals surface area contributed by atoms with Crippen LogP contribution in [-0.4, -0.2) is 23.5 Å². The van der Waals surface area contributed by atoms with Gasteiger partial charge in [0.25, 0.3) is 0 Å². The number of carbonyl (C=O) groups is 2. The van der Waals surface area contributed by atoms with Crippen molar-refractivity contribution in [3.05, 3.63) is 65.2 Å². The lowest BCUT2D eigenvalue weighted by atomic mass is 10.0. The van der Waals surface area contributed by atoms with Crippen molar-refractivity contribution >= 4 is 29.1 Å². The van der Waals surface area contributed by atoms with E-state index in [2.05, 4.69) is 10.6 Å². The largest absolute Gasteiger partial charge is 0.396 e. The number of hydrogen-bond acceptors (Lipinski definition) is 3. The van der Waals surface area contributed by atoms with Crippen molar-refractivity contribution < 1.29 is 14.7 Å². The molecule has 2 amide bonds. The van der Waals surface area contributed by atoms with Gasteiger partial charge >= 0.3 is 11.8 Å². The molecule has 0 heterocycles. The monoisotopic (exact) mass is 346 g/mol. The van der Waals surface area contributed by atoms with E-state index in [1.807, 2.05) is 30.3 Å². The smallest absolute Gasteiger partial charge is 0.313 e. The molecule has 5 nitrogen and oxygen atoms in total. The minimum absolute atomic E-state index is 0.0189. The number of benzene rings is 2. The molecule has 1 atom stereocenters. The summed E-state index contributed by atoms with van der Waals surface area (Å²) in [5.41, 5.74) is 1.26. The van der Waals surface area contributed by atoms with Crippen LogP contribution in [0.1, 0.15) is 24.4 Å². The van der Waals surface area contributed by atoms with Crippen LogP contribution in [0.15, 0.2) is 54.6 Å². The molecule has 0 aliphatic heterocycles. The highest BCUT2D eigenvalue weighted by Gasteiger charge is 2.20. The molecule has 0 saturated carbocycles. The summed E-state index contributed by atoms with van der Waals surface area (Å²) >= 11 is 5.97. The maximum absolute atomic E-state index is 12.2. The lowest BCUT2D eigenvalue weighted by Crippen LogP contribution is -2.38. The molecule has 3 N–H and O–H groups in total. The number of nitrogens with one attached hydrogen (secondary N) is 2. The first-order valence-electron chi connectivity index (χ1n) is 7.64. The van der Waals surface area contributed by atoms with Crippen molar-refractivity contribution in [1.82, 2.24) is 5.32 Å². The molecular formula is C18H19ClN2O3. The Morgan fingerprint density at radius 1 is 1.00 bits per heavy atom. The van der Waals surface area contributed by atoms with Crippen molar-refractivity contribution in [3.8, 4) is 0 Å². The van der Waals surface area contributed by atoms with Gasteiger partial charge in [0, 0.05) is 6.61 Å². The van der Waals surface area contributed by atoms with E-state index in [9.17, 15) is 9.59 Å². The predicted molar refractivity (Wildman–Crippen MR) is 93.7 cm³/mol. The fourth-order valence-corrected chi connectivity index (χ4v) is 2.45. The lowest BCUT2D eigenvalue weighted by Gasteiger charge is -2.18. The predicted octanol–water partition coefficient (Wildman–Crippen LogP) is 2.91. The molecule has 126 valence electrons. The fourth-order valence-electron chi connectivity index (χ4n) is 2.27. The van der Waals surface area contributed by atoms with Gasteiger partial charge in [0.15, 0.2) is 0 Å². The van der Waals surface area contributed by atoms with Crippen LogP contribution in [0.2, 0.25) is 5.02 Å². The van der Waals surface area contributed by atoms with Crippen molar-refractivity contribution in [1.29, 1.82) is 0 Å². The van der Waals surface area contributed by atoms with Crippen LogP contribution in [-0.2, 0) is 9.59 Å². The third-order valence-electron chi connectivity index (χ3n) is 3.49. The van der Waals surface area contributed by atoms with Crippen LogP contribution in [0.3, 0.4) is 0 Å². The number of aliphatic hydroxyl groups excluding tert-OH is 1. The molecule has 0 saturated heterocycles. The molecule has 2 aromatic rings. The first-order chi connectivity index (χ1) is 11.6. The van der Waals surface area contributed by atoms with Crippen LogP contribution < -0.4 is 10.6 Å². The van der Waals surface area contributed by atoms with Crippen LogP contribution in [0.25, 0.3) is 0 Å². The van der Waals surface area contributed by atoms with E-state index in [0.717, 1.165) is 5.56 Å². The number of para-hydroxylation sites is 1. The molecule has 0 fully saturated rings. The molecule has 6 heteroatoms. The molecule has 0 spiro atoms. The Balaban J connectivity index is 2.04. The Bertz CT molecular complexity index is 692. The summed E-state index contributed by atoms with van der Waals surface area (Å²) < 4.78 is 0.